The van der Waals surface area contributed by atoms with Crippen molar-refractivity contribution in [2.45, 2.75) is 33.2 Å². The number of aromatic nitrogens is 2. The second-order valence-corrected chi connectivity index (χ2v) is 4.98. The normalized spacial score (nSPS) is 14.1. The fraction of sp³-hybridized carbons (Fsp3) is 0.615. The van der Waals surface area contributed by atoms with Crippen LogP contribution in [0.2, 0.25) is 0 Å². The number of nitrogen functional groups attached to an aromatic ring is 1. The zero-order valence-corrected chi connectivity index (χ0v) is 11.9. The van der Waals surface area contributed by atoms with Gasteiger partial charge >= 0.3 is 0 Å². The predicted molar refractivity (Wildman–Crippen MR) is 75.1 cm³/mol. The topological polar surface area (TPSA) is 102 Å². The molecule has 0 aromatic carbocycles. The van der Waals surface area contributed by atoms with Crippen LogP contribution in [-0.4, -0.2) is 34.7 Å². The Hall–Kier alpha value is -2.05. The average Bonchev–Trinajstić information content (AvgIpc) is 3.22. The number of hydrogen-bond donors (Lipinski definition) is 3. The molecule has 0 atom stereocenters. The minimum atomic E-state index is -0.259. The summed E-state index contributed by atoms with van der Waals surface area (Å²) >= 11 is 0. The van der Waals surface area contributed by atoms with Gasteiger partial charge in [-0.05, 0) is 26.7 Å². The maximum absolute atomic E-state index is 12.1. The minimum absolute atomic E-state index is 0.0770. The number of nitrogens with two attached hydrogens (primary N) is 1. The Morgan fingerprint density at radius 2 is 2.00 bits per heavy atom. The number of carbonyl (C=O) groups excluding carboxylic acids is 2. The molecule has 0 spiro atoms. The first-order chi connectivity index (χ1) is 9.54. The summed E-state index contributed by atoms with van der Waals surface area (Å²) < 4.78 is 1.59. The van der Waals surface area contributed by atoms with Crippen molar-refractivity contribution >= 4 is 17.5 Å². The van der Waals surface area contributed by atoms with Crippen LogP contribution in [0.15, 0.2) is 0 Å². The van der Waals surface area contributed by atoms with E-state index in [2.05, 4.69) is 15.7 Å². The van der Waals surface area contributed by atoms with Crippen molar-refractivity contribution in [3.8, 4) is 0 Å². The number of rotatable bonds is 6. The van der Waals surface area contributed by atoms with Gasteiger partial charge in [-0.15, -0.1) is 0 Å². The number of nitrogens with one attached hydrogen (secondary N) is 2. The van der Waals surface area contributed by atoms with E-state index in [0.29, 0.717) is 36.7 Å². The molecule has 1 aliphatic carbocycles. The van der Waals surface area contributed by atoms with Gasteiger partial charge in [-0.1, -0.05) is 0 Å². The third-order valence-electron chi connectivity index (χ3n) is 3.35. The highest BCUT2D eigenvalue weighted by Gasteiger charge is 2.29. The van der Waals surface area contributed by atoms with E-state index in [9.17, 15) is 9.59 Å². The third-order valence-corrected chi connectivity index (χ3v) is 3.35. The van der Waals surface area contributed by atoms with Gasteiger partial charge in [-0.25, -0.2) is 0 Å². The van der Waals surface area contributed by atoms with Gasteiger partial charge in [-0.3, -0.25) is 14.3 Å². The molecule has 0 unspecified atom stereocenters. The molecule has 2 rings (SSSR count). The van der Waals surface area contributed by atoms with Gasteiger partial charge in [0.15, 0.2) is 0 Å². The second-order valence-electron chi connectivity index (χ2n) is 4.98. The molecule has 0 aliphatic heterocycles. The predicted octanol–water partition coefficient (Wildman–Crippen LogP) is 0.0496. The summed E-state index contributed by atoms with van der Waals surface area (Å²) in [5, 5.41) is 9.74. The second kappa shape index (κ2) is 5.94. The van der Waals surface area contributed by atoms with Crippen LogP contribution in [0.25, 0.3) is 0 Å². The Labute approximate surface area is 117 Å². The van der Waals surface area contributed by atoms with Crippen LogP contribution in [0.3, 0.4) is 0 Å². The highest BCUT2D eigenvalue weighted by atomic mass is 16.2. The molecule has 0 bridgehead atoms. The van der Waals surface area contributed by atoms with Crippen LogP contribution in [0.5, 0.6) is 0 Å². The summed E-state index contributed by atoms with van der Waals surface area (Å²) in [7, 11) is 0. The van der Waals surface area contributed by atoms with E-state index >= 15 is 0 Å². The van der Waals surface area contributed by atoms with Gasteiger partial charge in [0.2, 0.25) is 5.91 Å². The highest BCUT2D eigenvalue weighted by Crippen LogP contribution is 2.28. The maximum atomic E-state index is 12.1. The molecule has 4 N–H and O–H groups in total. The summed E-state index contributed by atoms with van der Waals surface area (Å²) in [5.74, 6) is 0.00403. The SMILES string of the molecule is CCn1nc(C)c(N)c1C(=O)NCCNC(=O)C1CC1. The number of carbonyl (C=O) groups is 2. The summed E-state index contributed by atoms with van der Waals surface area (Å²) in [6.45, 7) is 5.07. The molecule has 7 heteroatoms. The van der Waals surface area contributed by atoms with Crippen molar-refractivity contribution in [2.75, 3.05) is 18.8 Å². The molecule has 7 nitrogen and oxygen atoms in total. The number of nitrogens with zero attached hydrogens (tertiary/aromatic N) is 2. The van der Waals surface area contributed by atoms with Gasteiger partial charge < -0.3 is 16.4 Å². The van der Waals surface area contributed by atoms with Crippen LogP contribution in [0.1, 0.15) is 35.9 Å². The van der Waals surface area contributed by atoms with Gasteiger partial charge in [0, 0.05) is 25.6 Å². The molecular weight excluding hydrogens is 258 g/mol. The summed E-state index contributed by atoms with van der Waals surface area (Å²) in [6.07, 6.45) is 1.95. The minimum Gasteiger partial charge on any atom is -0.395 e. The smallest absolute Gasteiger partial charge is 0.271 e. The zero-order valence-electron chi connectivity index (χ0n) is 11.9. The van der Waals surface area contributed by atoms with Crippen molar-refractivity contribution in [3.63, 3.8) is 0 Å². The van der Waals surface area contributed by atoms with E-state index in [-0.39, 0.29) is 17.7 Å². The van der Waals surface area contributed by atoms with E-state index in [1.54, 1.807) is 11.6 Å². The first-order valence-electron chi connectivity index (χ1n) is 6.93. The molecule has 0 saturated heterocycles. The Morgan fingerprint density at radius 3 is 2.60 bits per heavy atom. The van der Waals surface area contributed by atoms with E-state index < -0.39 is 0 Å². The van der Waals surface area contributed by atoms with Crippen LogP contribution in [-0.2, 0) is 11.3 Å². The third kappa shape index (κ3) is 3.09. The Morgan fingerprint density at radius 1 is 1.35 bits per heavy atom. The number of aryl methyl sites for hydroxylation is 2. The largest absolute Gasteiger partial charge is 0.395 e. The molecule has 1 aliphatic rings. The molecule has 20 heavy (non-hydrogen) atoms. The Balaban J connectivity index is 1.83. The van der Waals surface area contributed by atoms with Crippen LogP contribution >= 0.6 is 0 Å². The Bertz CT molecular complexity index is 519. The fourth-order valence-electron chi connectivity index (χ4n) is 2.00. The van der Waals surface area contributed by atoms with Crippen LogP contribution < -0.4 is 16.4 Å². The average molecular weight is 279 g/mol. The molecule has 110 valence electrons. The van der Waals surface area contributed by atoms with Crippen molar-refractivity contribution in [2.24, 2.45) is 5.92 Å². The lowest BCUT2D eigenvalue weighted by Crippen LogP contribution is -2.36. The molecule has 1 heterocycles. The fourth-order valence-corrected chi connectivity index (χ4v) is 2.00. The molecular formula is C13H21N5O2. The maximum Gasteiger partial charge on any atom is 0.271 e. The van der Waals surface area contributed by atoms with Gasteiger partial charge in [-0.2, -0.15) is 5.10 Å². The number of hydrogen-bond acceptors (Lipinski definition) is 4. The van der Waals surface area contributed by atoms with E-state index in [1.807, 2.05) is 6.92 Å². The van der Waals surface area contributed by atoms with Crippen molar-refractivity contribution in [1.82, 2.24) is 20.4 Å². The number of amides is 2. The lowest BCUT2D eigenvalue weighted by Gasteiger charge is -2.08. The van der Waals surface area contributed by atoms with Crippen LogP contribution in [0, 0.1) is 12.8 Å². The Kier molecular flexibility index (Phi) is 4.26. The van der Waals surface area contributed by atoms with Gasteiger partial charge in [0.25, 0.3) is 5.91 Å². The van der Waals surface area contributed by atoms with E-state index in [0.717, 1.165) is 12.8 Å². The first kappa shape index (κ1) is 14.4. The summed E-state index contributed by atoms with van der Waals surface area (Å²) in [4.78, 5) is 23.5. The molecule has 1 aromatic rings. The zero-order chi connectivity index (χ0) is 14.7. The molecule has 1 fully saturated rings. The number of anilines is 1. The van der Waals surface area contributed by atoms with Crippen molar-refractivity contribution in [3.05, 3.63) is 11.4 Å². The van der Waals surface area contributed by atoms with Crippen molar-refractivity contribution in [1.29, 1.82) is 0 Å². The quantitative estimate of drug-likeness (QED) is 0.640. The highest BCUT2D eigenvalue weighted by molar-refractivity contribution is 5.98. The lowest BCUT2D eigenvalue weighted by molar-refractivity contribution is -0.122. The summed E-state index contributed by atoms with van der Waals surface area (Å²) in [5.41, 5.74) is 7.31. The monoisotopic (exact) mass is 279 g/mol. The first-order valence-corrected chi connectivity index (χ1v) is 6.93. The van der Waals surface area contributed by atoms with E-state index in [1.165, 1.54) is 0 Å². The lowest BCUT2D eigenvalue weighted by atomic mass is 10.3. The standard InChI is InChI=1S/C13H21N5O2/c1-3-18-11(10(14)8(2)17-18)13(20)16-7-6-15-12(19)9-4-5-9/h9H,3-7,14H2,1-2H3,(H,15,19)(H,16,20). The van der Waals surface area contributed by atoms with Crippen LogP contribution in [0.4, 0.5) is 5.69 Å². The molecule has 0 radical (unpaired) electrons. The molecule has 1 saturated carbocycles. The van der Waals surface area contributed by atoms with Crippen molar-refractivity contribution < 1.29 is 9.59 Å². The molecule has 2 amide bonds. The van der Waals surface area contributed by atoms with Gasteiger partial charge in [0.1, 0.15) is 5.69 Å². The molecule has 1 aromatic heterocycles. The van der Waals surface area contributed by atoms with E-state index in [4.69, 9.17) is 5.73 Å². The van der Waals surface area contributed by atoms with Gasteiger partial charge in [0.05, 0.1) is 11.4 Å². The summed E-state index contributed by atoms with van der Waals surface area (Å²) in [6, 6.07) is 0.